The quantitative estimate of drug-likeness (QED) is 0.909. The summed E-state index contributed by atoms with van der Waals surface area (Å²) in [5.74, 6) is -0.597. The van der Waals surface area contributed by atoms with Crippen molar-refractivity contribution < 1.29 is 18.0 Å². The number of carbonyl (C=O) groups excluding carboxylic acids is 1. The maximum Gasteiger partial charge on any atom is 0.417 e. The Bertz CT molecular complexity index is 520. The van der Waals surface area contributed by atoms with Gasteiger partial charge in [-0.15, -0.1) is 0 Å². The molecule has 1 amide bonds. The minimum atomic E-state index is -4.58. The van der Waals surface area contributed by atoms with E-state index in [1.807, 2.05) is 0 Å². The molecule has 0 aliphatic carbocycles. The molecule has 1 aromatic carbocycles. The van der Waals surface area contributed by atoms with Gasteiger partial charge >= 0.3 is 6.18 Å². The number of amides is 1. The number of hydrogen-bond acceptors (Lipinski definition) is 3. The lowest BCUT2D eigenvalue weighted by molar-refractivity contribution is -0.137. The van der Waals surface area contributed by atoms with Crippen molar-refractivity contribution in [1.29, 1.82) is 5.26 Å². The van der Waals surface area contributed by atoms with Crippen molar-refractivity contribution in [3.8, 4) is 6.07 Å². The summed E-state index contributed by atoms with van der Waals surface area (Å²) in [7, 11) is 0. The van der Waals surface area contributed by atoms with Gasteiger partial charge in [-0.25, -0.2) is 0 Å². The van der Waals surface area contributed by atoms with Crippen LogP contribution in [-0.2, 0) is 11.0 Å². The Kier molecular flexibility index (Phi) is 4.38. The largest absolute Gasteiger partial charge is 0.417 e. The second kappa shape index (κ2) is 5.61. The molecular formula is C12H12F3N3O. The number of benzene rings is 1. The van der Waals surface area contributed by atoms with E-state index < -0.39 is 23.2 Å². The highest BCUT2D eigenvalue weighted by molar-refractivity contribution is 5.79. The van der Waals surface area contributed by atoms with Crippen LogP contribution in [0.4, 0.5) is 18.9 Å². The molecule has 0 saturated heterocycles. The minimum absolute atomic E-state index is 0.118. The zero-order valence-electron chi connectivity index (χ0n) is 10.2. The van der Waals surface area contributed by atoms with Crippen molar-refractivity contribution in [1.82, 2.24) is 0 Å². The van der Waals surface area contributed by atoms with Crippen LogP contribution in [-0.4, -0.2) is 19.0 Å². The Morgan fingerprint density at radius 3 is 2.53 bits per heavy atom. The molecule has 0 heterocycles. The summed E-state index contributed by atoms with van der Waals surface area (Å²) in [6.45, 7) is 2.00. The predicted octanol–water partition coefficient (Wildman–Crippen LogP) is 1.89. The lowest BCUT2D eigenvalue weighted by Crippen LogP contribution is -2.33. The first kappa shape index (κ1) is 14.8. The molecular weight excluding hydrogens is 259 g/mol. The molecule has 1 rings (SSSR count). The van der Waals surface area contributed by atoms with Crippen molar-refractivity contribution in [2.24, 2.45) is 5.73 Å². The van der Waals surface area contributed by atoms with E-state index in [0.29, 0.717) is 12.2 Å². The van der Waals surface area contributed by atoms with Crippen LogP contribution >= 0.6 is 0 Å². The molecule has 0 aromatic heterocycles. The first-order valence-electron chi connectivity index (χ1n) is 5.44. The molecule has 7 heteroatoms. The minimum Gasteiger partial charge on any atom is -0.368 e. The number of nitriles is 1. The van der Waals surface area contributed by atoms with E-state index in [2.05, 4.69) is 0 Å². The van der Waals surface area contributed by atoms with Crippen LogP contribution in [0.3, 0.4) is 0 Å². The van der Waals surface area contributed by atoms with E-state index >= 15 is 0 Å². The monoisotopic (exact) mass is 271 g/mol. The average molecular weight is 271 g/mol. The van der Waals surface area contributed by atoms with Crippen LogP contribution in [0, 0.1) is 11.3 Å². The predicted molar refractivity (Wildman–Crippen MR) is 63.2 cm³/mol. The molecule has 0 aliphatic rings. The van der Waals surface area contributed by atoms with Crippen molar-refractivity contribution in [3.05, 3.63) is 29.3 Å². The van der Waals surface area contributed by atoms with Gasteiger partial charge in [0.2, 0.25) is 5.91 Å². The molecule has 0 unspecified atom stereocenters. The second-order valence-electron chi connectivity index (χ2n) is 3.82. The van der Waals surface area contributed by atoms with E-state index in [-0.39, 0.29) is 6.54 Å². The van der Waals surface area contributed by atoms with Crippen LogP contribution in [0.25, 0.3) is 0 Å². The summed E-state index contributed by atoms with van der Waals surface area (Å²) in [6.07, 6.45) is -4.58. The van der Waals surface area contributed by atoms with Gasteiger partial charge in [0.1, 0.15) is 0 Å². The Labute approximate surface area is 108 Å². The lowest BCUT2D eigenvalue weighted by Gasteiger charge is -2.22. The highest BCUT2D eigenvalue weighted by Crippen LogP contribution is 2.33. The Balaban J connectivity index is 3.20. The van der Waals surface area contributed by atoms with Gasteiger partial charge in [-0.1, -0.05) is 0 Å². The Hall–Kier alpha value is -2.23. The van der Waals surface area contributed by atoms with Gasteiger partial charge in [-0.2, -0.15) is 18.4 Å². The molecule has 0 radical (unpaired) electrons. The maximum absolute atomic E-state index is 12.6. The standard InChI is InChI=1S/C12H12F3N3O/c1-2-18(7-11(17)19)9-3-4-10(12(13,14)15)8(5-9)6-16/h3-5H,2,7H2,1H3,(H2,17,19). The third-order valence-corrected chi connectivity index (χ3v) is 2.52. The van der Waals surface area contributed by atoms with Crippen LogP contribution in [0.5, 0.6) is 0 Å². The maximum atomic E-state index is 12.6. The molecule has 0 aliphatic heterocycles. The number of likely N-dealkylation sites (N-methyl/N-ethyl adjacent to an activating group) is 1. The van der Waals surface area contributed by atoms with E-state index in [1.165, 1.54) is 17.0 Å². The molecule has 0 atom stereocenters. The summed E-state index contributed by atoms with van der Waals surface area (Å²) < 4.78 is 37.9. The number of rotatable bonds is 4. The van der Waals surface area contributed by atoms with E-state index in [9.17, 15) is 18.0 Å². The number of nitrogens with two attached hydrogens (primary N) is 1. The summed E-state index contributed by atoms with van der Waals surface area (Å²) >= 11 is 0. The highest BCUT2D eigenvalue weighted by atomic mass is 19.4. The molecule has 4 nitrogen and oxygen atoms in total. The lowest BCUT2D eigenvalue weighted by atomic mass is 10.1. The third-order valence-electron chi connectivity index (χ3n) is 2.52. The fourth-order valence-corrected chi connectivity index (χ4v) is 1.64. The zero-order chi connectivity index (χ0) is 14.6. The smallest absolute Gasteiger partial charge is 0.368 e. The number of halogens is 3. The van der Waals surface area contributed by atoms with Gasteiger partial charge in [-0.3, -0.25) is 4.79 Å². The number of hydrogen-bond donors (Lipinski definition) is 1. The summed E-state index contributed by atoms with van der Waals surface area (Å²) in [6, 6.07) is 4.67. The molecule has 0 saturated carbocycles. The van der Waals surface area contributed by atoms with Crippen LogP contribution < -0.4 is 10.6 Å². The molecule has 19 heavy (non-hydrogen) atoms. The Morgan fingerprint density at radius 2 is 2.11 bits per heavy atom. The van der Waals surface area contributed by atoms with Crippen LogP contribution in [0.2, 0.25) is 0 Å². The molecule has 102 valence electrons. The number of primary amides is 1. The number of anilines is 1. The number of nitrogens with zero attached hydrogens (tertiary/aromatic N) is 2. The highest BCUT2D eigenvalue weighted by Gasteiger charge is 2.33. The van der Waals surface area contributed by atoms with Crippen molar-refractivity contribution in [3.63, 3.8) is 0 Å². The molecule has 0 spiro atoms. The first-order valence-corrected chi connectivity index (χ1v) is 5.44. The van der Waals surface area contributed by atoms with E-state index in [1.54, 1.807) is 6.92 Å². The zero-order valence-corrected chi connectivity index (χ0v) is 10.2. The van der Waals surface area contributed by atoms with Gasteiger partial charge in [0.05, 0.1) is 23.7 Å². The van der Waals surface area contributed by atoms with Crippen molar-refractivity contribution in [2.45, 2.75) is 13.1 Å². The van der Waals surface area contributed by atoms with E-state index in [0.717, 1.165) is 12.1 Å². The second-order valence-corrected chi connectivity index (χ2v) is 3.82. The fourth-order valence-electron chi connectivity index (χ4n) is 1.64. The first-order chi connectivity index (χ1) is 8.79. The van der Waals surface area contributed by atoms with Gasteiger partial charge < -0.3 is 10.6 Å². The molecule has 0 bridgehead atoms. The molecule has 2 N–H and O–H groups in total. The van der Waals surface area contributed by atoms with Gasteiger partial charge in [0, 0.05) is 12.2 Å². The average Bonchev–Trinajstić information content (AvgIpc) is 2.33. The fraction of sp³-hybridized carbons (Fsp3) is 0.333. The van der Waals surface area contributed by atoms with Gasteiger partial charge in [-0.05, 0) is 25.1 Å². The normalized spacial score (nSPS) is 10.9. The SMILES string of the molecule is CCN(CC(N)=O)c1ccc(C(F)(F)F)c(C#N)c1. The van der Waals surface area contributed by atoms with Crippen LogP contribution in [0.15, 0.2) is 18.2 Å². The van der Waals surface area contributed by atoms with Gasteiger partial charge in [0.15, 0.2) is 0 Å². The van der Waals surface area contributed by atoms with Crippen LogP contribution in [0.1, 0.15) is 18.1 Å². The molecule has 1 aromatic rings. The van der Waals surface area contributed by atoms with Crippen molar-refractivity contribution in [2.75, 3.05) is 18.0 Å². The van der Waals surface area contributed by atoms with Crippen molar-refractivity contribution >= 4 is 11.6 Å². The van der Waals surface area contributed by atoms with E-state index in [4.69, 9.17) is 11.0 Å². The number of alkyl halides is 3. The summed E-state index contributed by atoms with van der Waals surface area (Å²) in [5, 5.41) is 8.78. The Morgan fingerprint density at radius 1 is 1.47 bits per heavy atom. The molecule has 0 fully saturated rings. The van der Waals surface area contributed by atoms with Gasteiger partial charge in [0.25, 0.3) is 0 Å². The third kappa shape index (κ3) is 3.61. The number of carbonyl (C=O) groups is 1. The topological polar surface area (TPSA) is 70.1 Å². The summed E-state index contributed by atoms with van der Waals surface area (Å²) in [4.78, 5) is 12.3. The summed E-state index contributed by atoms with van der Waals surface area (Å²) in [5.41, 5.74) is 3.93.